The first-order chi connectivity index (χ1) is 9.42. The van der Waals surface area contributed by atoms with Gasteiger partial charge in [0.2, 0.25) is 5.17 Å². The number of thioether (sulfide) groups is 1. The summed E-state index contributed by atoms with van der Waals surface area (Å²) in [5.74, 6) is 0.574. The summed E-state index contributed by atoms with van der Waals surface area (Å²) in [7, 11) is 2.07. The second-order valence-corrected chi connectivity index (χ2v) is 6.06. The van der Waals surface area contributed by atoms with Gasteiger partial charge in [0, 0.05) is 19.1 Å². The van der Waals surface area contributed by atoms with Crippen LogP contribution in [0.1, 0.15) is 20.3 Å². The highest BCUT2D eigenvalue weighted by atomic mass is 32.2. The number of hydrazone groups is 1. The predicted molar refractivity (Wildman–Crippen MR) is 81.6 cm³/mol. The molecule has 20 heavy (non-hydrogen) atoms. The maximum Gasteiger partial charge on any atom is 0.234 e. The normalized spacial score (nSPS) is 24.9. The molecular formula is C12H24N4O3S. The van der Waals surface area contributed by atoms with E-state index in [0.29, 0.717) is 23.7 Å². The lowest BCUT2D eigenvalue weighted by Gasteiger charge is -2.27. The molecule has 3 atom stereocenters. The molecule has 1 fully saturated rings. The van der Waals surface area contributed by atoms with Crippen LogP contribution in [0, 0.1) is 16.0 Å². The molecule has 1 aliphatic heterocycles. The van der Waals surface area contributed by atoms with Crippen molar-refractivity contribution < 1.29 is 9.77 Å². The van der Waals surface area contributed by atoms with Gasteiger partial charge in [0.25, 0.3) is 0 Å². The maximum atomic E-state index is 10.3. The molecule has 1 saturated heterocycles. The molecule has 0 bridgehead atoms. The first-order valence-electron chi connectivity index (χ1n) is 6.75. The van der Waals surface area contributed by atoms with Crippen LogP contribution in [0.5, 0.6) is 0 Å². The molecule has 7 nitrogen and oxygen atoms in total. The summed E-state index contributed by atoms with van der Waals surface area (Å²) in [6.45, 7) is 6.63. The van der Waals surface area contributed by atoms with Gasteiger partial charge in [0.1, 0.15) is 0 Å². The molecule has 1 heterocycles. The molecule has 0 aromatic rings. The summed E-state index contributed by atoms with van der Waals surface area (Å²) in [5.41, 5.74) is 0. The number of hydrogen-bond donors (Lipinski definition) is 1. The number of rotatable bonds is 6. The monoisotopic (exact) mass is 304 g/mol. The quantitative estimate of drug-likeness (QED) is 0.344. The van der Waals surface area contributed by atoms with Crippen molar-refractivity contribution >= 4 is 16.9 Å². The van der Waals surface area contributed by atoms with Crippen molar-refractivity contribution in [1.29, 1.82) is 0 Å². The van der Waals surface area contributed by atoms with E-state index in [1.807, 2.05) is 0 Å². The maximum absolute atomic E-state index is 10.3. The largest absolute Gasteiger partial charge is 0.378 e. The van der Waals surface area contributed by atoms with Crippen molar-refractivity contribution in [2.75, 3.05) is 33.0 Å². The Hall–Kier alpha value is -0.860. The molecule has 1 N–H and O–H groups in total. The van der Waals surface area contributed by atoms with Gasteiger partial charge < -0.3 is 15.0 Å². The van der Waals surface area contributed by atoms with E-state index in [1.54, 1.807) is 6.26 Å². The van der Waals surface area contributed by atoms with Gasteiger partial charge in [0.15, 0.2) is 5.03 Å². The lowest BCUT2D eigenvalue weighted by Crippen LogP contribution is -2.41. The lowest BCUT2D eigenvalue weighted by atomic mass is 10.1. The smallest absolute Gasteiger partial charge is 0.234 e. The fraction of sp³-hybridized carbons (Fsp3) is 0.917. The minimum Gasteiger partial charge on any atom is -0.378 e. The van der Waals surface area contributed by atoms with Crippen molar-refractivity contribution in [2.24, 2.45) is 11.0 Å². The summed E-state index contributed by atoms with van der Waals surface area (Å²) in [6, 6.07) is 0.273. The van der Waals surface area contributed by atoms with Crippen LogP contribution < -0.4 is 5.32 Å². The molecule has 0 radical (unpaired) electrons. The summed E-state index contributed by atoms with van der Waals surface area (Å²) < 4.78 is 5.57. The van der Waals surface area contributed by atoms with Crippen LogP contribution in [0.4, 0.5) is 0 Å². The number of nitro groups is 1. The van der Waals surface area contributed by atoms with Crippen LogP contribution in [0.15, 0.2) is 5.10 Å². The Morgan fingerprint density at radius 2 is 2.40 bits per heavy atom. The predicted octanol–water partition coefficient (Wildman–Crippen LogP) is 1.23. The average molecular weight is 304 g/mol. The molecule has 1 aliphatic rings. The van der Waals surface area contributed by atoms with Crippen molar-refractivity contribution in [3.8, 4) is 0 Å². The highest BCUT2D eigenvalue weighted by Crippen LogP contribution is 2.20. The summed E-state index contributed by atoms with van der Waals surface area (Å²) in [4.78, 5) is 12.6. The molecule has 8 heteroatoms. The van der Waals surface area contributed by atoms with Gasteiger partial charge in [-0.1, -0.05) is 11.8 Å². The van der Waals surface area contributed by atoms with Crippen LogP contribution in [0.2, 0.25) is 0 Å². The van der Waals surface area contributed by atoms with Gasteiger partial charge in [-0.2, -0.15) is 0 Å². The Morgan fingerprint density at radius 3 is 2.90 bits per heavy atom. The van der Waals surface area contributed by atoms with E-state index < -0.39 is 5.03 Å². The second-order valence-electron chi connectivity index (χ2n) is 5.26. The number of ether oxygens (including phenoxy) is 1. The third-order valence-corrected chi connectivity index (χ3v) is 4.11. The minimum atomic E-state index is -0.676. The van der Waals surface area contributed by atoms with Crippen molar-refractivity contribution in [2.45, 2.75) is 32.4 Å². The zero-order valence-electron chi connectivity index (χ0n) is 12.5. The zero-order chi connectivity index (χ0) is 15.1. The molecule has 0 aromatic heterocycles. The van der Waals surface area contributed by atoms with Crippen LogP contribution in [-0.4, -0.2) is 60.2 Å². The molecular weight excluding hydrogens is 280 g/mol. The number of likely N-dealkylation sites (N-methyl/N-ethyl adjacent to an activating group) is 1. The highest BCUT2D eigenvalue weighted by Gasteiger charge is 2.24. The fourth-order valence-electron chi connectivity index (χ4n) is 2.23. The number of nitrogens with one attached hydrogen (secondary N) is 1. The van der Waals surface area contributed by atoms with E-state index in [0.717, 1.165) is 19.6 Å². The highest BCUT2D eigenvalue weighted by molar-refractivity contribution is 8.13. The second kappa shape index (κ2) is 8.43. The molecule has 0 aromatic carbocycles. The molecule has 0 aliphatic carbocycles. The average Bonchev–Trinajstić information content (AvgIpc) is 2.78. The Labute approximate surface area is 124 Å². The third-order valence-electron chi connectivity index (χ3n) is 3.49. The van der Waals surface area contributed by atoms with Crippen molar-refractivity contribution in [3.05, 3.63) is 10.1 Å². The zero-order valence-corrected chi connectivity index (χ0v) is 13.4. The Balaban J connectivity index is 2.34. The first-order valence-corrected chi connectivity index (χ1v) is 7.97. The van der Waals surface area contributed by atoms with E-state index in [2.05, 4.69) is 36.2 Å². The first kappa shape index (κ1) is 17.2. The van der Waals surface area contributed by atoms with Gasteiger partial charge in [-0.05, 0) is 39.5 Å². The molecule has 0 spiro atoms. The summed E-state index contributed by atoms with van der Waals surface area (Å²) in [5, 5.41) is 16.3. The Morgan fingerprint density at radius 1 is 1.70 bits per heavy atom. The minimum absolute atomic E-state index is 0.273. The fourth-order valence-corrected chi connectivity index (χ4v) is 2.61. The topological polar surface area (TPSA) is 80.0 Å². The number of amidine groups is 1. The van der Waals surface area contributed by atoms with Crippen LogP contribution in [-0.2, 0) is 4.74 Å². The van der Waals surface area contributed by atoms with E-state index in [4.69, 9.17) is 4.74 Å². The SMILES string of the molecule is CSC(=N[N+](=O)[O-])NCC(C)N(C)CC1COC(C)C1. The Kier molecular flexibility index (Phi) is 7.25. The lowest BCUT2D eigenvalue weighted by molar-refractivity contribution is -0.484. The van der Waals surface area contributed by atoms with E-state index in [9.17, 15) is 10.1 Å². The standard InChI is InChI=1S/C12H24N4O3S/c1-9(6-13-12(20-4)14-16(17)18)15(3)7-11-5-10(2)19-8-11/h9-11H,5-8H2,1-4H3,(H,13,14). The van der Waals surface area contributed by atoms with Gasteiger partial charge in [0.05, 0.1) is 17.8 Å². The van der Waals surface area contributed by atoms with Gasteiger partial charge in [-0.25, -0.2) is 10.1 Å². The summed E-state index contributed by atoms with van der Waals surface area (Å²) in [6.07, 6.45) is 3.22. The van der Waals surface area contributed by atoms with Gasteiger partial charge in [-0.15, -0.1) is 0 Å². The van der Waals surface area contributed by atoms with Gasteiger partial charge in [-0.3, -0.25) is 0 Å². The van der Waals surface area contributed by atoms with Crippen molar-refractivity contribution in [3.63, 3.8) is 0 Å². The summed E-state index contributed by atoms with van der Waals surface area (Å²) >= 11 is 1.24. The third kappa shape index (κ3) is 6.06. The molecule has 0 saturated carbocycles. The number of hydrogen-bond acceptors (Lipinski definition) is 5. The number of nitrogens with zero attached hydrogens (tertiary/aromatic N) is 3. The van der Waals surface area contributed by atoms with Crippen LogP contribution in [0.25, 0.3) is 0 Å². The van der Waals surface area contributed by atoms with Crippen LogP contribution in [0.3, 0.4) is 0 Å². The van der Waals surface area contributed by atoms with E-state index in [-0.39, 0.29) is 6.04 Å². The van der Waals surface area contributed by atoms with Gasteiger partial charge >= 0.3 is 0 Å². The van der Waals surface area contributed by atoms with E-state index in [1.165, 1.54) is 11.8 Å². The van der Waals surface area contributed by atoms with E-state index >= 15 is 0 Å². The molecule has 3 unspecified atom stereocenters. The molecule has 116 valence electrons. The van der Waals surface area contributed by atoms with Crippen LogP contribution >= 0.6 is 11.8 Å². The van der Waals surface area contributed by atoms with Crippen molar-refractivity contribution in [1.82, 2.24) is 10.2 Å². The molecule has 1 rings (SSSR count). The Bertz CT molecular complexity index is 354. The molecule has 0 amide bonds.